The van der Waals surface area contributed by atoms with Gasteiger partial charge in [-0.2, -0.15) is 0 Å². The first-order chi connectivity index (χ1) is 10.3. The lowest BCUT2D eigenvalue weighted by atomic mass is 10.0. The van der Waals surface area contributed by atoms with Crippen LogP contribution in [0.2, 0.25) is 5.02 Å². The second kappa shape index (κ2) is 7.22. The standard InChI is InChI=1S/C17H26ClNO2S/c1-13(2)12-19(22(3,20)21)17-11-16(18)10-9-15(17)6-4-5-14-7-8-14/h9-11,13-14H,4-8,12H2,1-3H3. The molecule has 1 aromatic rings. The van der Waals surface area contributed by atoms with Gasteiger partial charge in [-0.25, -0.2) is 8.42 Å². The zero-order valence-electron chi connectivity index (χ0n) is 13.7. The Bertz CT molecular complexity index is 609. The molecule has 2 rings (SSSR count). The Balaban J connectivity index is 2.25. The van der Waals surface area contributed by atoms with Crippen LogP contribution in [0.25, 0.3) is 0 Å². The molecule has 0 heterocycles. The highest BCUT2D eigenvalue weighted by molar-refractivity contribution is 7.92. The van der Waals surface area contributed by atoms with E-state index in [-0.39, 0.29) is 5.92 Å². The first-order valence-corrected chi connectivity index (χ1v) is 10.3. The smallest absolute Gasteiger partial charge is 0.232 e. The van der Waals surface area contributed by atoms with Crippen molar-refractivity contribution in [3.63, 3.8) is 0 Å². The lowest BCUT2D eigenvalue weighted by Crippen LogP contribution is -2.34. The van der Waals surface area contributed by atoms with Crippen molar-refractivity contribution in [2.24, 2.45) is 11.8 Å². The van der Waals surface area contributed by atoms with E-state index in [0.29, 0.717) is 11.6 Å². The molecular formula is C17H26ClNO2S. The summed E-state index contributed by atoms with van der Waals surface area (Å²) in [5.74, 6) is 1.16. The van der Waals surface area contributed by atoms with Crippen LogP contribution < -0.4 is 4.31 Å². The molecule has 3 nitrogen and oxygen atoms in total. The molecule has 1 aliphatic rings. The average Bonchev–Trinajstić information content (AvgIpc) is 3.20. The first kappa shape index (κ1) is 17.6. The third-order valence-corrected chi connectivity index (χ3v) is 5.38. The lowest BCUT2D eigenvalue weighted by Gasteiger charge is -2.27. The van der Waals surface area contributed by atoms with Crippen molar-refractivity contribution in [3.8, 4) is 0 Å². The molecule has 0 aliphatic heterocycles. The van der Waals surface area contributed by atoms with Gasteiger partial charge in [-0.15, -0.1) is 0 Å². The average molecular weight is 344 g/mol. The van der Waals surface area contributed by atoms with Crippen LogP contribution >= 0.6 is 11.6 Å². The predicted molar refractivity (Wildman–Crippen MR) is 94.1 cm³/mol. The Morgan fingerprint density at radius 3 is 2.55 bits per heavy atom. The Morgan fingerprint density at radius 1 is 1.32 bits per heavy atom. The second-order valence-corrected chi connectivity index (χ2v) is 9.14. The number of nitrogens with zero attached hydrogens (tertiary/aromatic N) is 1. The van der Waals surface area contributed by atoms with Gasteiger partial charge in [-0.1, -0.05) is 50.8 Å². The van der Waals surface area contributed by atoms with Crippen molar-refractivity contribution in [3.05, 3.63) is 28.8 Å². The van der Waals surface area contributed by atoms with Crippen LogP contribution in [-0.4, -0.2) is 21.2 Å². The lowest BCUT2D eigenvalue weighted by molar-refractivity contribution is 0.582. The Hall–Kier alpha value is -0.740. The van der Waals surface area contributed by atoms with Crippen LogP contribution in [0.5, 0.6) is 0 Å². The molecule has 0 unspecified atom stereocenters. The second-order valence-electron chi connectivity index (χ2n) is 6.80. The van der Waals surface area contributed by atoms with Crippen molar-refractivity contribution in [1.29, 1.82) is 0 Å². The number of sulfonamides is 1. The molecule has 0 amide bonds. The topological polar surface area (TPSA) is 37.4 Å². The van der Waals surface area contributed by atoms with Gasteiger partial charge in [0.1, 0.15) is 0 Å². The van der Waals surface area contributed by atoms with E-state index in [0.717, 1.165) is 30.0 Å². The SMILES string of the molecule is CC(C)CN(c1cc(Cl)ccc1CCCC1CC1)S(C)(=O)=O. The molecule has 0 bridgehead atoms. The third kappa shape index (κ3) is 5.17. The monoisotopic (exact) mass is 343 g/mol. The molecule has 0 atom stereocenters. The van der Waals surface area contributed by atoms with Crippen molar-refractivity contribution in [2.45, 2.75) is 46.0 Å². The van der Waals surface area contributed by atoms with E-state index in [1.165, 1.54) is 29.8 Å². The van der Waals surface area contributed by atoms with Gasteiger partial charge in [0, 0.05) is 11.6 Å². The fourth-order valence-electron chi connectivity index (χ4n) is 2.71. The summed E-state index contributed by atoms with van der Waals surface area (Å²) < 4.78 is 25.9. The normalized spacial score (nSPS) is 15.3. The number of anilines is 1. The van der Waals surface area contributed by atoms with Gasteiger partial charge in [0.05, 0.1) is 11.9 Å². The molecule has 22 heavy (non-hydrogen) atoms. The van der Waals surface area contributed by atoms with Crippen LogP contribution in [0.3, 0.4) is 0 Å². The highest BCUT2D eigenvalue weighted by atomic mass is 35.5. The van der Waals surface area contributed by atoms with Gasteiger partial charge in [0.2, 0.25) is 10.0 Å². The number of aryl methyl sites for hydroxylation is 1. The molecule has 124 valence electrons. The molecule has 1 aromatic carbocycles. The summed E-state index contributed by atoms with van der Waals surface area (Å²) in [6.07, 6.45) is 7.24. The van der Waals surface area contributed by atoms with Crippen LogP contribution in [0, 0.1) is 11.8 Å². The van der Waals surface area contributed by atoms with Gasteiger partial charge >= 0.3 is 0 Å². The van der Waals surface area contributed by atoms with E-state index in [1.54, 1.807) is 6.07 Å². The summed E-state index contributed by atoms with van der Waals surface area (Å²) in [4.78, 5) is 0. The van der Waals surface area contributed by atoms with Crippen LogP contribution in [0.4, 0.5) is 5.69 Å². The summed E-state index contributed by atoms with van der Waals surface area (Å²) in [6, 6.07) is 5.62. The predicted octanol–water partition coefficient (Wildman–Crippen LogP) is 4.49. The van der Waals surface area contributed by atoms with Crippen LogP contribution in [-0.2, 0) is 16.4 Å². The number of rotatable bonds is 8. The van der Waals surface area contributed by atoms with Gasteiger partial charge in [-0.3, -0.25) is 4.31 Å². The summed E-state index contributed by atoms with van der Waals surface area (Å²) in [7, 11) is -3.31. The molecule has 1 fully saturated rings. The summed E-state index contributed by atoms with van der Waals surface area (Å²) >= 11 is 6.12. The van der Waals surface area contributed by atoms with E-state index in [4.69, 9.17) is 11.6 Å². The molecule has 0 radical (unpaired) electrons. The van der Waals surface area contributed by atoms with E-state index in [9.17, 15) is 8.42 Å². The van der Waals surface area contributed by atoms with Crippen molar-refractivity contribution < 1.29 is 8.42 Å². The zero-order valence-corrected chi connectivity index (χ0v) is 15.3. The number of hydrogen-bond acceptors (Lipinski definition) is 2. The van der Waals surface area contributed by atoms with Gasteiger partial charge in [0.25, 0.3) is 0 Å². The molecule has 0 N–H and O–H groups in total. The molecule has 0 saturated heterocycles. The highest BCUT2D eigenvalue weighted by Crippen LogP contribution is 2.35. The largest absolute Gasteiger partial charge is 0.270 e. The minimum absolute atomic E-state index is 0.257. The fraction of sp³-hybridized carbons (Fsp3) is 0.647. The van der Waals surface area contributed by atoms with Gasteiger partial charge < -0.3 is 0 Å². The molecule has 1 aliphatic carbocycles. The Labute approximate surface area is 139 Å². The molecule has 1 saturated carbocycles. The quantitative estimate of drug-likeness (QED) is 0.697. The molecule has 5 heteroatoms. The summed E-state index contributed by atoms with van der Waals surface area (Å²) in [5.41, 5.74) is 1.83. The minimum Gasteiger partial charge on any atom is -0.270 e. The highest BCUT2D eigenvalue weighted by Gasteiger charge is 2.23. The molecule has 0 aromatic heterocycles. The third-order valence-electron chi connectivity index (χ3n) is 4.00. The molecular weight excluding hydrogens is 318 g/mol. The van der Waals surface area contributed by atoms with Crippen molar-refractivity contribution in [1.82, 2.24) is 0 Å². The Morgan fingerprint density at radius 2 is 2.00 bits per heavy atom. The van der Waals surface area contributed by atoms with E-state index in [2.05, 4.69) is 0 Å². The van der Waals surface area contributed by atoms with Crippen LogP contribution in [0.15, 0.2) is 18.2 Å². The maximum absolute atomic E-state index is 12.2. The van der Waals surface area contributed by atoms with E-state index >= 15 is 0 Å². The molecule has 0 spiro atoms. The maximum atomic E-state index is 12.2. The first-order valence-electron chi connectivity index (χ1n) is 8.03. The number of hydrogen-bond donors (Lipinski definition) is 0. The fourth-order valence-corrected chi connectivity index (χ4v) is 3.97. The maximum Gasteiger partial charge on any atom is 0.232 e. The van der Waals surface area contributed by atoms with Gasteiger partial charge in [-0.05, 0) is 42.4 Å². The number of benzene rings is 1. The zero-order chi connectivity index (χ0) is 16.3. The minimum atomic E-state index is -3.31. The van der Waals surface area contributed by atoms with Crippen LogP contribution in [0.1, 0.15) is 45.1 Å². The number of halogens is 1. The van der Waals surface area contributed by atoms with Crippen molar-refractivity contribution >= 4 is 27.3 Å². The van der Waals surface area contributed by atoms with Crippen molar-refractivity contribution in [2.75, 3.05) is 17.1 Å². The van der Waals surface area contributed by atoms with Gasteiger partial charge in [0.15, 0.2) is 0 Å². The van der Waals surface area contributed by atoms with E-state index < -0.39 is 10.0 Å². The Kier molecular flexibility index (Phi) is 5.78. The summed E-state index contributed by atoms with van der Waals surface area (Å²) in [5, 5.41) is 0.582. The summed E-state index contributed by atoms with van der Waals surface area (Å²) in [6.45, 7) is 4.53. The van der Waals surface area contributed by atoms with E-state index in [1.807, 2.05) is 26.0 Å².